The average Bonchev–Trinajstić information content (AvgIpc) is 2.48. The maximum absolute atomic E-state index is 4.27. The summed E-state index contributed by atoms with van der Waals surface area (Å²) in [5, 5.41) is 0. The maximum atomic E-state index is 4.27. The number of halogens is 2. The minimum atomic E-state index is 0.790. The van der Waals surface area contributed by atoms with Crippen LogP contribution in [0.3, 0.4) is 0 Å². The van der Waals surface area contributed by atoms with E-state index in [1.807, 2.05) is 17.5 Å². The number of aryl methyl sites for hydroxylation is 1. The monoisotopic (exact) mass is 289 g/mol. The standard InChI is InChI=1S/C7H5Br2N3/c1-4-11-6(9)5(8)7-10-2-3-12(4)7/h2-3H,1H3. The Morgan fingerprint density at radius 2 is 2.17 bits per heavy atom. The quantitative estimate of drug-likeness (QED) is 0.698. The van der Waals surface area contributed by atoms with Gasteiger partial charge in [-0.2, -0.15) is 0 Å². The van der Waals surface area contributed by atoms with Crippen LogP contribution in [0.2, 0.25) is 0 Å². The van der Waals surface area contributed by atoms with Crippen LogP contribution in [0.4, 0.5) is 0 Å². The van der Waals surface area contributed by atoms with Gasteiger partial charge in [-0.15, -0.1) is 0 Å². The van der Waals surface area contributed by atoms with E-state index in [0.29, 0.717) is 0 Å². The third-order valence-electron chi connectivity index (χ3n) is 1.63. The van der Waals surface area contributed by atoms with E-state index < -0.39 is 0 Å². The van der Waals surface area contributed by atoms with Crippen LogP contribution in [0.15, 0.2) is 21.5 Å². The smallest absolute Gasteiger partial charge is 0.155 e. The Morgan fingerprint density at radius 3 is 2.92 bits per heavy atom. The minimum absolute atomic E-state index is 0.790. The van der Waals surface area contributed by atoms with Crippen molar-refractivity contribution in [3.05, 3.63) is 27.3 Å². The zero-order valence-corrected chi connectivity index (χ0v) is 9.42. The SMILES string of the molecule is Cc1nc(Br)c(Br)c2nccn12. The van der Waals surface area contributed by atoms with Gasteiger partial charge < -0.3 is 0 Å². The molecule has 0 saturated carbocycles. The second kappa shape index (κ2) is 2.81. The summed E-state index contributed by atoms with van der Waals surface area (Å²) < 4.78 is 3.60. The van der Waals surface area contributed by atoms with E-state index in [-0.39, 0.29) is 0 Å². The van der Waals surface area contributed by atoms with Crippen LogP contribution in [0.25, 0.3) is 5.65 Å². The molecule has 0 amide bonds. The van der Waals surface area contributed by atoms with Gasteiger partial charge in [0.1, 0.15) is 10.4 Å². The Morgan fingerprint density at radius 1 is 1.42 bits per heavy atom. The number of fused-ring (bicyclic) bond motifs is 1. The van der Waals surface area contributed by atoms with Crippen LogP contribution in [-0.4, -0.2) is 14.4 Å². The van der Waals surface area contributed by atoms with Gasteiger partial charge in [0.2, 0.25) is 0 Å². The van der Waals surface area contributed by atoms with Crippen LogP contribution < -0.4 is 0 Å². The molecule has 0 aliphatic rings. The summed E-state index contributed by atoms with van der Waals surface area (Å²) in [6, 6.07) is 0. The van der Waals surface area contributed by atoms with Crippen LogP contribution in [-0.2, 0) is 0 Å². The third-order valence-corrected chi connectivity index (χ3v) is 3.46. The molecule has 0 saturated heterocycles. The average molecular weight is 291 g/mol. The molecule has 12 heavy (non-hydrogen) atoms. The van der Waals surface area contributed by atoms with Gasteiger partial charge in [0.15, 0.2) is 5.65 Å². The fourth-order valence-corrected chi connectivity index (χ4v) is 1.88. The Bertz CT molecular complexity index is 435. The Labute approximate surface area is 86.1 Å². The van der Waals surface area contributed by atoms with Gasteiger partial charge in [-0.1, -0.05) is 0 Å². The van der Waals surface area contributed by atoms with Crippen molar-refractivity contribution in [2.24, 2.45) is 0 Å². The first kappa shape index (κ1) is 8.19. The largest absolute Gasteiger partial charge is 0.287 e. The lowest BCUT2D eigenvalue weighted by molar-refractivity contribution is 0.966. The number of hydrogen-bond acceptors (Lipinski definition) is 2. The highest BCUT2D eigenvalue weighted by atomic mass is 79.9. The molecular weight excluding hydrogens is 286 g/mol. The summed E-state index contributed by atoms with van der Waals surface area (Å²) in [5.41, 5.74) is 0.884. The van der Waals surface area contributed by atoms with Gasteiger partial charge in [-0.05, 0) is 38.8 Å². The van der Waals surface area contributed by atoms with Crippen molar-refractivity contribution in [1.82, 2.24) is 14.4 Å². The lowest BCUT2D eigenvalue weighted by atomic mass is 10.5. The Kier molecular flexibility index (Phi) is 1.92. The summed E-state index contributed by atoms with van der Waals surface area (Å²) in [7, 11) is 0. The van der Waals surface area contributed by atoms with Crippen molar-refractivity contribution in [3.8, 4) is 0 Å². The molecule has 0 aliphatic heterocycles. The van der Waals surface area contributed by atoms with E-state index in [1.54, 1.807) is 6.20 Å². The molecule has 2 aromatic heterocycles. The predicted molar refractivity (Wildman–Crippen MR) is 53.1 cm³/mol. The summed E-state index contributed by atoms with van der Waals surface area (Å²) in [6.07, 6.45) is 3.64. The van der Waals surface area contributed by atoms with Crippen molar-refractivity contribution >= 4 is 37.5 Å². The number of imidazole rings is 1. The van der Waals surface area contributed by atoms with Crippen molar-refractivity contribution < 1.29 is 0 Å². The van der Waals surface area contributed by atoms with Gasteiger partial charge in [0.05, 0.1) is 4.47 Å². The highest BCUT2D eigenvalue weighted by Crippen LogP contribution is 2.25. The fourth-order valence-electron chi connectivity index (χ4n) is 1.06. The normalized spacial score (nSPS) is 10.9. The van der Waals surface area contributed by atoms with E-state index in [4.69, 9.17) is 0 Å². The van der Waals surface area contributed by atoms with Crippen LogP contribution >= 0.6 is 31.9 Å². The Hall–Kier alpha value is -0.420. The van der Waals surface area contributed by atoms with Crippen molar-refractivity contribution in [3.63, 3.8) is 0 Å². The minimum Gasteiger partial charge on any atom is -0.287 e. The number of rotatable bonds is 0. The van der Waals surface area contributed by atoms with Gasteiger partial charge in [0.25, 0.3) is 0 Å². The predicted octanol–water partition coefficient (Wildman–Crippen LogP) is 2.56. The number of hydrogen-bond donors (Lipinski definition) is 0. The molecule has 0 N–H and O–H groups in total. The first-order valence-corrected chi connectivity index (χ1v) is 4.93. The molecule has 5 heteroatoms. The van der Waals surface area contributed by atoms with Crippen molar-refractivity contribution in [2.45, 2.75) is 6.92 Å². The number of aromatic nitrogens is 3. The van der Waals surface area contributed by atoms with E-state index in [9.17, 15) is 0 Å². The molecule has 0 atom stereocenters. The van der Waals surface area contributed by atoms with E-state index in [1.165, 1.54) is 0 Å². The van der Waals surface area contributed by atoms with E-state index in [2.05, 4.69) is 41.8 Å². The summed E-state index contributed by atoms with van der Waals surface area (Å²) in [5.74, 6) is 0.914. The molecule has 0 bridgehead atoms. The van der Waals surface area contributed by atoms with Crippen LogP contribution in [0, 0.1) is 6.92 Å². The Balaban J connectivity index is 2.97. The summed E-state index contributed by atoms with van der Waals surface area (Å²) in [4.78, 5) is 8.45. The van der Waals surface area contributed by atoms with Gasteiger partial charge in [-0.25, -0.2) is 9.97 Å². The molecule has 0 aliphatic carbocycles. The summed E-state index contributed by atoms with van der Waals surface area (Å²) >= 11 is 6.74. The molecule has 62 valence electrons. The lowest BCUT2D eigenvalue weighted by Gasteiger charge is -2.01. The molecule has 2 rings (SSSR count). The maximum Gasteiger partial charge on any atom is 0.155 e. The molecule has 0 radical (unpaired) electrons. The molecule has 0 fully saturated rings. The summed E-state index contributed by atoms with van der Waals surface area (Å²) in [6.45, 7) is 1.94. The van der Waals surface area contributed by atoms with Crippen LogP contribution in [0.5, 0.6) is 0 Å². The van der Waals surface area contributed by atoms with E-state index >= 15 is 0 Å². The second-order valence-corrected chi connectivity index (χ2v) is 3.93. The molecule has 2 aromatic rings. The highest BCUT2D eigenvalue weighted by Gasteiger charge is 2.07. The van der Waals surface area contributed by atoms with Crippen molar-refractivity contribution in [2.75, 3.05) is 0 Å². The third kappa shape index (κ3) is 1.08. The molecular formula is C7H5Br2N3. The molecule has 0 aromatic carbocycles. The second-order valence-electron chi connectivity index (χ2n) is 2.38. The van der Waals surface area contributed by atoms with E-state index in [0.717, 1.165) is 20.5 Å². The van der Waals surface area contributed by atoms with Crippen molar-refractivity contribution in [1.29, 1.82) is 0 Å². The van der Waals surface area contributed by atoms with Crippen LogP contribution in [0.1, 0.15) is 5.82 Å². The molecule has 0 spiro atoms. The van der Waals surface area contributed by atoms with Gasteiger partial charge >= 0.3 is 0 Å². The zero-order valence-electron chi connectivity index (χ0n) is 6.25. The topological polar surface area (TPSA) is 30.2 Å². The molecule has 0 unspecified atom stereocenters. The zero-order chi connectivity index (χ0) is 8.72. The fraction of sp³-hybridized carbons (Fsp3) is 0.143. The first-order chi connectivity index (χ1) is 5.70. The molecule has 3 nitrogen and oxygen atoms in total. The number of nitrogens with zero attached hydrogens (tertiary/aromatic N) is 3. The highest BCUT2D eigenvalue weighted by molar-refractivity contribution is 9.13. The molecule has 2 heterocycles. The first-order valence-electron chi connectivity index (χ1n) is 3.35. The van der Waals surface area contributed by atoms with Gasteiger partial charge in [0, 0.05) is 12.4 Å². The van der Waals surface area contributed by atoms with Gasteiger partial charge in [-0.3, -0.25) is 4.40 Å². The lowest BCUT2D eigenvalue weighted by Crippen LogP contribution is -1.95.